The Morgan fingerprint density at radius 1 is 0.792 bits per heavy atom. The highest BCUT2D eigenvalue weighted by atomic mass is 15.2. The fraction of sp³-hybridized carbons (Fsp3) is 0.714. The molecule has 1 aromatic carbocycles. The van der Waals surface area contributed by atoms with Crippen molar-refractivity contribution in [3.05, 3.63) is 29.8 Å². The maximum Gasteiger partial charge on any atom is 0.0377 e. The van der Waals surface area contributed by atoms with Gasteiger partial charge >= 0.3 is 0 Å². The van der Waals surface area contributed by atoms with Gasteiger partial charge in [0, 0.05) is 51.0 Å². The van der Waals surface area contributed by atoms with Crippen molar-refractivity contribution in [2.24, 2.45) is 5.92 Å². The van der Waals surface area contributed by atoms with Gasteiger partial charge in [0.25, 0.3) is 0 Å². The van der Waals surface area contributed by atoms with Crippen molar-refractivity contribution < 1.29 is 0 Å². The Morgan fingerprint density at radius 3 is 2.12 bits per heavy atom. The number of rotatable bonds is 4. The minimum Gasteiger partial charge on any atom is -0.372 e. The van der Waals surface area contributed by atoms with E-state index >= 15 is 0 Å². The first kappa shape index (κ1) is 16.4. The Bertz CT molecular complexity index is 476. The predicted octanol–water partition coefficient (Wildman–Crippen LogP) is 3.81. The predicted molar refractivity (Wildman–Crippen MR) is 102 cm³/mol. The second kappa shape index (κ2) is 7.88. The average Bonchev–Trinajstić information content (AvgIpc) is 3.19. The molecule has 0 aromatic heterocycles. The van der Waals surface area contributed by atoms with Crippen molar-refractivity contribution >= 4 is 5.69 Å². The summed E-state index contributed by atoms with van der Waals surface area (Å²) in [5.41, 5.74) is 2.99. The summed E-state index contributed by atoms with van der Waals surface area (Å²) in [6.07, 6.45) is 9.85. The summed E-state index contributed by atoms with van der Waals surface area (Å²) < 4.78 is 0. The van der Waals surface area contributed by atoms with Crippen molar-refractivity contribution in [1.29, 1.82) is 0 Å². The molecular formula is C21H33N3. The summed E-state index contributed by atoms with van der Waals surface area (Å²) >= 11 is 0. The van der Waals surface area contributed by atoms with Gasteiger partial charge in [0.1, 0.15) is 0 Å². The maximum absolute atomic E-state index is 3.52. The maximum atomic E-state index is 3.52. The average molecular weight is 328 g/mol. The number of anilines is 1. The summed E-state index contributed by atoms with van der Waals surface area (Å²) in [5.74, 6) is 0.856. The van der Waals surface area contributed by atoms with Crippen molar-refractivity contribution in [3.63, 3.8) is 0 Å². The number of hydrogen-bond acceptors (Lipinski definition) is 3. The van der Waals surface area contributed by atoms with E-state index in [1.807, 2.05) is 0 Å². The van der Waals surface area contributed by atoms with Crippen LogP contribution < -0.4 is 10.2 Å². The van der Waals surface area contributed by atoms with E-state index in [0.29, 0.717) is 6.04 Å². The molecule has 1 aromatic rings. The molecule has 0 radical (unpaired) electrons. The molecular weight excluding hydrogens is 294 g/mol. The van der Waals surface area contributed by atoms with Crippen LogP contribution in [0.2, 0.25) is 0 Å². The number of hydrogen-bond donors (Lipinski definition) is 1. The van der Waals surface area contributed by atoms with Crippen LogP contribution in [0.5, 0.6) is 0 Å². The molecule has 0 spiro atoms. The van der Waals surface area contributed by atoms with Crippen LogP contribution in [0.1, 0.15) is 56.6 Å². The molecule has 4 rings (SSSR count). The molecule has 3 heteroatoms. The van der Waals surface area contributed by atoms with Gasteiger partial charge in [-0.1, -0.05) is 31.4 Å². The van der Waals surface area contributed by atoms with Crippen molar-refractivity contribution in [2.75, 3.05) is 44.2 Å². The molecule has 3 nitrogen and oxygen atoms in total. The number of nitrogens with one attached hydrogen (secondary N) is 1. The first-order chi connectivity index (χ1) is 11.9. The molecule has 3 fully saturated rings. The molecule has 132 valence electrons. The second-order valence-electron chi connectivity index (χ2n) is 7.91. The minimum atomic E-state index is 0.639. The minimum absolute atomic E-state index is 0.639. The normalized spacial score (nSPS) is 25.1. The molecule has 1 N–H and O–H groups in total. The van der Waals surface area contributed by atoms with Gasteiger partial charge in [0.05, 0.1) is 0 Å². The Hall–Kier alpha value is -1.06. The Balaban J connectivity index is 1.54. The van der Waals surface area contributed by atoms with Crippen LogP contribution in [0.3, 0.4) is 0 Å². The Kier molecular flexibility index (Phi) is 5.39. The van der Waals surface area contributed by atoms with Crippen LogP contribution in [0.25, 0.3) is 0 Å². The first-order valence-corrected chi connectivity index (χ1v) is 10.2. The zero-order valence-corrected chi connectivity index (χ0v) is 15.1. The lowest BCUT2D eigenvalue weighted by molar-refractivity contribution is 0.103. The largest absolute Gasteiger partial charge is 0.372 e. The molecule has 2 aliphatic heterocycles. The molecule has 24 heavy (non-hydrogen) atoms. The third-order valence-electron chi connectivity index (χ3n) is 6.35. The highest BCUT2D eigenvalue weighted by molar-refractivity contribution is 5.48. The monoisotopic (exact) mass is 327 g/mol. The van der Waals surface area contributed by atoms with Gasteiger partial charge in [-0.15, -0.1) is 0 Å². The highest BCUT2D eigenvalue weighted by Gasteiger charge is 2.30. The summed E-state index contributed by atoms with van der Waals surface area (Å²) in [6.45, 7) is 7.18. The molecule has 0 amide bonds. The lowest BCUT2D eigenvalue weighted by Crippen LogP contribution is -2.47. The van der Waals surface area contributed by atoms with Crippen molar-refractivity contribution in [3.8, 4) is 0 Å². The van der Waals surface area contributed by atoms with E-state index in [4.69, 9.17) is 0 Å². The molecule has 0 bridgehead atoms. The van der Waals surface area contributed by atoms with Gasteiger partial charge in [0.15, 0.2) is 0 Å². The van der Waals surface area contributed by atoms with E-state index in [0.717, 1.165) is 19.0 Å². The summed E-state index contributed by atoms with van der Waals surface area (Å²) in [4.78, 5) is 5.31. The van der Waals surface area contributed by atoms with E-state index in [1.165, 1.54) is 76.8 Å². The van der Waals surface area contributed by atoms with Crippen LogP contribution in [0.4, 0.5) is 5.69 Å². The summed E-state index contributed by atoms with van der Waals surface area (Å²) in [6, 6.07) is 10.3. The lowest BCUT2D eigenvalue weighted by Gasteiger charge is -2.41. The summed E-state index contributed by atoms with van der Waals surface area (Å²) in [7, 11) is 0. The Morgan fingerprint density at radius 2 is 1.46 bits per heavy atom. The van der Waals surface area contributed by atoms with E-state index in [9.17, 15) is 0 Å². The highest BCUT2D eigenvalue weighted by Crippen LogP contribution is 2.39. The molecule has 1 atom stereocenters. The Labute approximate surface area is 147 Å². The van der Waals surface area contributed by atoms with Crippen LogP contribution >= 0.6 is 0 Å². The van der Waals surface area contributed by atoms with Crippen molar-refractivity contribution in [1.82, 2.24) is 10.2 Å². The molecule has 0 unspecified atom stereocenters. The van der Waals surface area contributed by atoms with Gasteiger partial charge in [-0.25, -0.2) is 0 Å². The fourth-order valence-corrected chi connectivity index (χ4v) is 5.05. The van der Waals surface area contributed by atoms with E-state index in [1.54, 1.807) is 5.56 Å². The van der Waals surface area contributed by atoms with Crippen LogP contribution in [-0.2, 0) is 0 Å². The van der Waals surface area contributed by atoms with E-state index < -0.39 is 0 Å². The lowest BCUT2D eigenvalue weighted by atomic mass is 9.80. The van der Waals surface area contributed by atoms with Gasteiger partial charge in [-0.2, -0.15) is 0 Å². The zero-order chi connectivity index (χ0) is 16.2. The van der Waals surface area contributed by atoms with Gasteiger partial charge in [-0.05, 0) is 49.3 Å². The standard InChI is InChI=1S/C21H33N3/c1-2-6-18(7-3-1)21(24-16-12-22-13-17-24)19-8-10-20(11-9-19)23-14-4-5-15-23/h8-11,18,21-22H,1-7,12-17H2/t21-/m1/s1. The molecule has 2 heterocycles. The zero-order valence-electron chi connectivity index (χ0n) is 15.1. The smallest absolute Gasteiger partial charge is 0.0377 e. The molecule has 3 aliphatic rings. The molecule has 1 saturated carbocycles. The number of nitrogens with zero attached hydrogens (tertiary/aromatic N) is 2. The summed E-state index contributed by atoms with van der Waals surface area (Å²) in [5, 5.41) is 3.52. The number of benzene rings is 1. The molecule has 1 aliphatic carbocycles. The number of piperazine rings is 1. The SMILES string of the molecule is c1cc(N2CCCC2)ccc1[C@@H](C1CCCCC1)N1CCNCC1. The van der Waals surface area contributed by atoms with Crippen LogP contribution in [-0.4, -0.2) is 44.2 Å². The topological polar surface area (TPSA) is 18.5 Å². The third kappa shape index (κ3) is 3.62. The van der Waals surface area contributed by atoms with Gasteiger partial charge in [0.2, 0.25) is 0 Å². The van der Waals surface area contributed by atoms with Crippen LogP contribution in [0, 0.1) is 5.92 Å². The van der Waals surface area contributed by atoms with Crippen molar-refractivity contribution in [2.45, 2.75) is 51.0 Å². The first-order valence-electron chi connectivity index (χ1n) is 10.2. The fourth-order valence-electron chi connectivity index (χ4n) is 5.05. The van der Waals surface area contributed by atoms with E-state index in [-0.39, 0.29) is 0 Å². The van der Waals surface area contributed by atoms with Gasteiger partial charge < -0.3 is 10.2 Å². The second-order valence-corrected chi connectivity index (χ2v) is 7.91. The third-order valence-corrected chi connectivity index (χ3v) is 6.35. The van der Waals surface area contributed by atoms with E-state index in [2.05, 4.69) is 39.4 Å². The van der Waals surface area contributed by atoms with Crippen LogP contribution in [0.15, 0.2) is 24.3 Å². The quantitative estimate of drug-likeness (QED) is 0.907. The van der Waals surface area contributed by atoms with Gasteiger partial charge in [-0.3, -0.25) is 4.90 Å². The molecule has 2 saturated heterocycles.